The van der Waals surface area contributed by atoms with Gasteiger partial charge in [0.15, 0.2) is 11.4 Å². The Bertz CT molecular complexity index is 1050. The summed E-state index contributed by atoms with van der Waals surface area (Å²) in [7, 11) is 0. The Morgan fingerprint density at radius 2 is 1.92 bits per heavy atom. The molecule has 0 radical (unpaired) electrons. The van der Waals surface area contributed by atoms with Gasteiger partial charge in [0.2, 0.25) is 5.12 Å². The van der Waals surface area contributed by atoms with Crippen LogP contribution in [0, 0.1) is 5.82 Å². The van der Waals surface area contributed by atoms with Crippen LogP contribution in [0.2, 0.25) is 5.02 Å². The number of carbonyl (C=O) groups excluding carboxylic acids is 2. The lowest BCUT2D eigenvalue weighted by molar-refractivity contribution is -0.116. The minimum Gasteiger partial charge on any atom is -0.494 e. The molecule has 26 heavy (non-hydrogen) atoms. The molecule has 8 heteroatoms. The molecule has 0 spiro atoms. The summed E-state index contributed by atoms with van der Waals surface area (Å²) in [6.45, 7) is -0.0334. The molecule has 0 aliphatic carbocycles. The second kappa shape index (κ2) is 6.03. The number of nitrogens with one attached hydrogen (secondary N) is 1. The Morgan fingerprint density at radius 1 is 1.19 bits per heavy atom. The number of fused-ring (bicyclic) bond motifs is 1. The van der Waals surface area contributed by atoms with Gasteiger partial charge in [-0.2, -0.15) is 0 Å². The first-order chi connectivity index (χ1) is 12.4. The van der Waals surface area contributed by atoms with Gasteiger partial charge in [-0.05, 0) is 35.9 Å². The lowest BCUT2D eigenvalue weighted by atomic mass is 9.91. The molecule has 1 saturated heterocycles. The van der Waals surface area contributed by atoms with Gasteiger partial charge in [-0.3, -0.25) is 9.59 Å². The lowest BCUT2D eigenvalue weighted by Crippen LogP contribution is -2.46. The zero-order valence-electron chi connectivity index (χ0n) is 13.2. The zero-order chi connectivity index (χ0) is 18.5. The largest absolute Gasteiger partial charge is 0.494 e. The van der Waals surface area contributed by atoms with E-state index in [2.05, 4.69) is 5.32 Å². The number of aromatic nitrogens is 1. The highest BCUT2D eigenvalue weighted by Gasteiger charge is 2.49. The molecule has 132 valence electrons. The van der Waals surface area contributed by atoms with Crippen LogP contribution in [0.15, 0.2) is 48.7 Å². The van der Waals surface area contributed by atoms with Crippen molar-refractivity contribution in [2.24, 2.45) is 0 Å². The van der Waals surface area contributed by atoms with Crippen molar-refractivity contribution < 1.29 is 19.1 Å². The second-order valence-corrected chi connectivity index (χ2v) is 7.41. The van der Waals surface area contributed by atoms with Crippen LogP contribution in [0.5, 0.6) is 5.88 Å². The Balaban J connectivity index is 1.84. The number of carbonyl (C=O) groups is 2. The van der Waals surface area contributed by atoms with Crippen LogP contribution >= 0.6 is 23.4 Å². The smallest absolute Gasteiger partial charge is 0.287 e. The number of hydrogen-bond acceptors (Lipinski definition) is 4. The molecule has 0 bridgehead atoms. The van der Waals surface area contributed by atoms with Crippen molar-refractivity contribution in [3.8, 4) is 5.88 Å². The standard InChI is InChI=1S/C18H12ClFN2O3S/c19-12-3-6-14-10(7-12)8-22(15(14)23)9-18(16(24)26-17(25)21-18)11-1-4-13(20)5-2-11/h1-8,23H,9H2,(H,21,25). The summed E-state index contributed by atoms with van der Waals surface area (Å²) in [5.41, 5.74) is -0.955. The molecule has 1 aliphatic rings. The highest BCUT2D eigenvalue weighted by Crippen LogP contribution is 2.38. The van der Waals surface area contributed by atoms with E-state index >= 15 is 0 Å². The van der Waals surface area contributed by atoms with Gasteiger partial charge in [0.25, 0.3) is 5.24 Å². The first kappa shape index (κ1) is 16.9. The highest BCUT2D eigenvalue weighted by atomic mass is 35.5. The molecule has 1 aliphatic heterocycles. The summed E-state index contributed by atoms with van der Waals surface area (Å²) >= 11 is 6.55. The number of benzene rings is 2. The van der Waals surface area contributed by atoms with Gasteiger partial charge in [-0.1, -0.05) is 23.7 Å². The minimum atomic E-state index is -1.40. The summed E-state index contributed by atoms with van der Waals surface area (Å²) < 4.78 is 14.8. The number of hydrogen-bond donors (Lipinski definition) is 2. The van der Waals surface area contributed by atoms with E-state index in [9.17, 15) is 19.1 Å². The van der Waals surface area contributed by atoms with E-state index in [0.717, 1.165) is 0 Å². The quantitative estimate of drug-likeness (QED) is 0.708. The fourth-order valence-electron chi connectivity index (χ4n) is 3.15. The number of halogens is 2. The van der Waals surface area contributed by atoms with E-state index in [4.69, 9.17) is 11.6 Å². The maximum atomic E-state index is 13.3. The fourth-order valence-corrected chi connectivity index (χ4v) is 4.13. The molecule has 1 atom stereocenters. The van der Waals surface area contributed by atoms with E-state index < -0.39 is 21.7 Å². The average molecular weight is 391 g/mol. The molecule has 4 rings (SSSR count). The van der Waals surface area contributed by atoms with Gasteiger partial charge in [-0.25, -0.2) is 4.39 Å². The summed E-state index contributed by atoms with van der Waals surface area (Å²) in [6, 6.07) is 10.4. The summed E-state index contributed by atoms with van der Waals surface area (Å²) in [4.78, 5) is 24.5. The van der Waals surface area contributed by atoms with Crippen molar-refractivity contribution in [1.29, 1.82) is 0 Å². The molecule has 3 aromatic rings. The SMILES string of the molecule is O=C1NC(Cn2cc3cc(Cl)ccc3c2O)(c2ccc(F)cc2)C(=O)S1. The highest BCUT2D eigenvalue weighted by molar-refractivity contribution is 8.26. The Kier molecular flexibility index (Phi) is 3.93. The fraction of sp³-hybridized carbons (Fsp3) is 0.111. The predicted molar refractivity (Wildman–Crippen MR) is 97.8 cm³/mol. The van der Waals surface area contributed by atoms with Crippen molar-refractivity contribution in [3.63, 3.8) is 0 Å². The summed E-state index contributed by atoms with van der Waals surface area (Å²) in [5, 5.41) is 14.1. The first-order valence-electron chi connectivity index (χ1n) is 7.67. The van der Waals surface area contributed by atoms with E-state index in [1.165, 1.54) is 28.8 Å². The molecular weight excluding hydrogens is 379 g/mol. The molecule has 5 nitrogen and oxygen atoms in total. The third kappa shape index (κ3) is 2.64. The molecule has 1 aromatic heterocycles. The lowest BCUT2D eigenvalue weighted by Gasteiger charge is -2.28. The third-order valence-electron chi connectivity index (χ3n) is 4.42. The molecule has 0 saturated carbocycles. The Morgan fingerprint density at radius 3 is 2.58 bits per heavy atom. The Hall–Kier alpha value is -2.51. The monoisotopic (exact) mass is 390 g/mol. The Labute approximate surface area is 156 Å². The molecule has 1 fully saturated rings. The van der Waals surface area contributed by atoms with Crippen LogP contribution in [0.1, 0.15) is 5.56 Å². The third-order valence-corrected chi connectivity index (χ3v) is 5.47. The molecule has 1 unspecified atom stereocenters. The van der Waals surface area contributed by atoms with Gasteiger partial charge < -0.3 is 15.0 Å². The maximum absolute atomic E-state index is 13.3. The molecule has 2 heterocycles. The predicted octanol–water partition coefficient (Wildman–Crippen LogP) is 4.02. The first-order valence-corrected chi connectivity index (χ1v) is 8.86. The number of rotatable bonds is 3. The topological polar surface area (TPSA) is 71.3 Å². The van der Waals surface area contributed by atoms with E-state index in [0.29, 0.717) is 33.1 Å². The van der Waals surface area contributed by atoms with E-state index in [1.807, 2.05) is 0 Å². The van der Waals surface area contributed by atoms with Gasteiger partial charge >= 0.3 is 0 Å². The van der Waals surface area contributed by atoms with Crippen LogP contribution in [0.25, 0.3) is 10.8 Å². The van der Waals surface area contributed by atoms with Gasteiger partial charge in [0, 0.05) is 33.8 Å². The normalized spacial score (nSPS) is 19.9. The van der Waals surface area contributed by atoms with Crippen LogP contribution in [-0.4, -0.2) is 20.0 Å². The number of aromatic hydroxyl groups is 1. The van der Waals surface area contributed by atoms with Crippen LogP contribution in [0.4, 0.5) is 9.18 Å². The van der Waals surface area contributed by atoms with E-state index in [1.54, 1.807) is 24.4 Å². The van der Waals surface area contributed by atoms with Crippen molar-refractivity contribution in [1.82, 2.24) is 9.88 Å². The van der Waals surface area contributed by atoms with E-state index in [-0.39, 0.29) is 12.4 Å². The number of nitrogens with zero attached hydrogens (tertiary/aromatic N) is 1. The summed E-state index contributed by atoms with van der Waals surface area (Å²) in [6.07, 6.45) is 1.66. The number of thioether (sulfide) groups is 1. The van der Waals surface area contributed by atoms with Crippen LogP contribution < -0.4 is 5.32 Å². The second-order valence-electron chi connectivity index (χ2n) is 6.03. The van der Waals surface area contributed by atoms with Crippen LogP contribution in [-0.2, 0) is 16.9 Å². The minimum absolute atomic E-state index is 0.0334. The van der Waals surface area contributed by atoms with Crippen molar-refractivity contribution in [2.45, 2.75) is 12.1 Å². The van der Waals surface area contributed by atoms with Crippen molar-refractivity contribution in [3.05, 3.63) is 65.1 Å². The van der Waals surface area contributed by atoms with Gasteiger partial charge in [0.1, 0.15) is 5.82 Å². The van der Waals surface area contributed by atoms with Gasteiger partial charge in [0.05, 0.1) is 6.54 Å². The maximum Gasteiger partial charge on any atom is 0.287 e. The van der Waals surface area contributed by atoms with Crippen molar-refractivity contribution in [2.75, 3.05) is 0 Å². The molecule has 2 aromatic carbocycles. The van der Waals surface area contributed by atoms with Gasteiger partial charge in [-0.15, -0.1) is 0 Å². The molecular formula is C18H12ClFN2O3S. The average Bonchev–Trinajstić information content (AvgIpc) is 3.05. The molecule has 2 N–H and O–H groups in total. The van der Waals surface area contributed by atoms with Crippen LogP contribution in [0.3, 0.4) is 0 Å². The zero-order valence-corrected chi connectivity index (χ0v) is 14.8. The van der Waals surface area contributed by atoms with Crippen molar-refractivity contribution >= 4 is 44.5 Å². The number of amides is 1. The molecule has 1 amide bonds. The summed E-state index contributed by atoms with van der Waals surface area (Å²) in [5.74, 6) is -0.491.